The van der Waals surface area contributed by atoms with Crippen molar-refractivity contribution in [2.75, 3.05) is 5.88 Å². The minimum absolute atomic E-state index is 0.354. The Bertz CT molecular complexity index is 565. The zero-order chi connectivity index (χ0) is 15.2. The van der Waals surface area contributed by atoms with E-state index < -0.39 is 0 Å². The van der Waals surface area contributed by atoms with Crippen LogP contribution < -0.4 is 0 Å². The van der Waals surface area contributed by atoms with Crippen molar-refractivity contribution in [1.29, 1.82) is 0 Å². The van der Waals surface area contributed by atoms with E-state index in [1.54, 1.807) is 0 Å². The third kappa shape index (κ3) is 4.49. The van der Waals surface area contributed by atoms with Crippen molar-refractivity contribution < 1.29 is 0 Å². The third-order valence-electron chi connectivity index (χ3n) is 3.89. The number of alkyl halides is 1. The predicted octanol–water partition coefficient (Wildman–Crippen LogP) is 5.15. The van der Waals surface area contributed by atoms with Crippen LogP contribution >= 0.6 is 23.2 Å². The first-order chi connectivity index (χ1) is 10.1. The molecule has 0 bridgehead atoms. The van der Waals surface area contributed by atoms with Crippen molar-refractivity contribution in [2.45, 2.75) is 39.2 Å². The van der Waals surface area contributed by atoms with Crippen LogP contribution in [0.15, 0.2) is 36.5 Å². The number of hydrogen-bond donors (Lipinski definition) is 0. The van der Waals surface area contributed by atoms with E-state index in [0.717, 1.165) is 35.5 Å². The van der Waals surface area contributed by atoms with Crippen LogP contribution in [0.5, 0.6) is 0 Å². The number of halogens is 2. The van der Waals surface area contributed by atoms with Gasteiger partial charge < -0.3 is 0 Å². The second kappa shape index (κ2) is 7.86. The van der Waals surface area contributed by atoms with E-state index >= 15 is 0 Å². The number of aromatic nitrogens is 2. The summed E-state index contributed by atoms with van der Waals surface area (Å²) in [5.74, 6) is 0.966. The Hall–Kier alpha value is -0.990. The van der Waals surface area contributed by atoms with Crippen molar-refractivity contribution in [3.63, 3.8) is 0 Å². The molecule has 1 heterocycles. The maximum absolute atomic E-state index is 6.23. The van der Waals surface area contributed by atoms with Gasteiger partial charge in [-0.15, -0.1) is 11.6 Å². The fourth-order valence-corrected chi connectivity index (χ4v) is 2.80. The maximum atomic E-state index is 6.23. The molecule has 0 aliphatic heterocycles. The summed E-state index contributed by atoms with van der Waals surface area (Å²) >= 11 is 12.4. The fourth-order valence-electron chi connectivity index (χ4n) is 2.37. The minimum Gasteiger partial charge on any atom is -0.270 e. The lowest BCUT2D eigenvalue weighted by atomic mass is 9.96. The van der Waals surface area contributed by atoms with Gasteiger partial charge in [-0.1, -0.05) is 36.7 Å². The summed E-state index contributed by atoms with van der Waals surface area (Å²) in [6.07, 6.45) is 4.92. The van der Waals surface area contributed by atoms with Gasteiger partial charge in [0.2, 0.25) is 0 Å². The summed E-state index contributed by atoms with van der Waals surface area (Å²) in [5, 5.41) is 5.48. The summed E-state index contributed by atoms with van der Waals surface area (Å²) < 4.78 is 2.04. The van der Waals surface area contributed by atoms with Gasteiger partial charge in [-0.05, 0) is 49.8 Å². The van der Waals surface area contributed by atoms with Gasteiger partial charge in [0.1, 0.15) is 0 Å². The first-order valence-electron chi connectivity index (χ1n) is 7.47. The Balaban J connectivity index is 2.02. The molecule has 2 rings (SSSR count). The van der Waals surface area contributed by atoms with E-state index in [0.29, 0.717) is 17.8 Å². The molecule has 2 atom stereocenters. The molecular formula is C17H22Cl2N2. The second-order valence-corrected chi connectivity index (χ2v) is 6.28. The lowest BCUT2D eigenvalue weighted by Crippen LogP contribution is -2.12. The zero-order valence-corrected chi connectivity index (χ0v) is 14.1. The van der Waals surface area contributed by atoms with Crippen LogP contribution in [0.4, 0.5) is 0 Å². The molecule has 2 unspecified atom stereocenters. The molecule has 0 N–H and O–H groups in total. The predicted molar refractivity (Wildman–Crippen MR) is 90.3 cm³/mol. The van der Waals surface area contributed by atoms with E-state index in [-0.39, 0.29) is 0 Å². The summed E-state index contributed by atoms with van der Waals surface area (Å²) in [6.45, 7) is 4.35. The minimum atomic E-state index is 0.354. The molecule has 0 saturated heterocycles. The molecule has 21 heavy (non-hydrogen) atoms. The van der Waals surface area contributed by atoms with E-state index in [4.69, 9.17) is 23.2 Å². The van der Waals surface area contributed by atoms with E-state index in [1.807, 2.05) is 22.9 Å². The molecule has 0 amide bonds. The Morgan fingerprint density at radius 1 is 1.19 bits per heavy atom. The lowest BCUT2D eigenvalue weighted by Gasteiger charge is -2.14. The molecule has 0 aliphatic rings. The molecule has 114 valence electrons. The molecule has 1 aromatic carbocycles. The monoisotopic (exact) mass is 324 g/mol. The van der Waals surface area contributed by atoms with Crippen LogP contribution in [0.25, 0.3) is 0 Å². The first kappa shape index (κ1) is 16.4. The van der Waals surface area contributed by atoms with Crippen LogP contribution in [0.3, 0.4) is 0 Å². The van der Waals surface area contributed by atoms with Crippen molar-refractivity contribution in [3.05, 3.63) is 52.8 Å². The van der Waals surface area contributed by atoms with E-state index in [9.17, 15) is 0 Å². The van der Waals surface area contributed by atoms with E-state index in [2.05, 4.69) is 37.3 Å². The Kier molecular flexibility index (Phi) is 6.13. The van der Waals surface area contributed by atoms with Gasteiger partial charge in [0.05, 0.1) is 5.69 Å². The highest BCUT2D eigenvalue weighted by Gasteiger charge is 2.14. The lowest BCUT2D eigenvalue weighted by molar-refractivity contribution is 0.468. The summed E-state index contributed by atoms with van der Waals surface area (Å²) in [7, 11) is 0. The van der Waals surface area contributed by atoms with Gasteiger partial charge >= 0.3 is 0 Å². The van der Waals surface area contributed by atoms with Crippen molar-refractivity contribution >= 4 is 23.2 Å². The molecule has 0 spiro atoms. The topological polar surface area (TPSA) is 17.8 Å². The second-order valence-electron chi connectivity index (χ2n) is 5.56. The van der Waals surface area contributed by atoms with Gasteiger partial charge in [-0.2, -0.15) is 5.10 Å². The molecule has 0 radical (unpaired) electrons. The number of nitrogens with zero attached hydrogens (tertiary/aromatic N) is 2. The number of rotatable bonds is 7. The molecule has 4 heteroatoms. The van der Waals surface area contributed by atoms with E-state index in [1.165, 1.54) is 0 Å². The first-order valence-corrected chi connectivity index (χ1v) is 8.38. The summed E-state index contributed by atoms with van der Waals surface area (Å²) in [6, 6.07) is 10.5. The SMILES string of the molecule is CCC(C)n1ccc(CC(CCl)Cc2ccccc2Cl)n1. The normalized spacial score (nSPS) is 14.1. The van der Waals surface area contributed by atoms with Gasteiger partial charge in [-0.3, -0.25) is 4.68 Å². The average molecular weight is 325 g/mol. The average Bonchev–Trinajstić information content (AvgIpc) is 2.96. The maximum Gasteiger partial charge on any atom is 0.0628 e. The fraction of sp³-hybridized carbons (Fsp3) is 0.471. The van der Waals surface area contributed by atoms with Crippen LogP contribution in [-0.4, -0.2) is 15.7 Å². The molecule has 2 aromatic rings. The Morgan fingerprint density at radius 2 is 1.95 bits per heavy atom. The van der Waals surface area contributed by atoms with Gasteiger partial charge in [0.15, 0.2) is 0 Å². The van der Waals surface area contributed by atoms with Crippen LogP contribution in [0.1, 0.15) is 37.6 Å². The quantitative estimate of drug-likeness (QED) is 0.644. The largest absolute Gasteiger partial charge is 0.270 e. The zero-order valence-electron chi connectivity index (χ0n) is 12.6. The molecule has 0 fully saturated rings. The van der Waals surface area contributed by atoms with Gasteiger partial charge in [-0.25, -0.2) is 0 Å². The smallest absolute Gasteiger partial charge is 0.0628 e. The highest BCUT2D eigenvalue weighted by Crippen LogP contribution is 2.22. The highest BCUT2D eigenvalue weighted by molar-refractivity contribution is 6.31. The molecule has 1 aromatic heterocycles. The summed E-state index contributed by atoms with van der Waals surface area (Å²) in [5.41, 5.74) is 2.26. The van der Waals surface area contributed by atoms with Gasteiger partial charge in [0.25, 0.3) is 0 Å². The Labute approximate surface area is 137 Å². The molecule has 2 nitrogen and oxygen atoms in total. The standard InChI is InChI=1S/C17H22Cl2N2/c1-3-13(2)21-9-8-16(20-21)11-14(12-18)10-15-6-4-5-7-17(15)19/h4-9,13-14H,3,10-12H2,1-2H3. The molecule has 0 saturated carbocycles. The van der Waals surface area contributed by atoms with Gasteiger partial charge in [0, 0.05) is 23.1 Å². The molecular weight excluding hydrogens is 303 g/mol. The van der Waals surface area contributed by atoms with Crippen LogP contribution in [0.2, 0.25) is 5.02 Å². The number of benzene rings is 1. The number of hydrogen-bond acceptors (Lipinski definition) is 1. The third-order valence-corrected chi connectivity index (χ3v) is 4.69. The van der Waals surface area contributed by atoms with Crippen molar-refractivity contribution in [1.82, 2.24) is 9.78 Å². The summed E-state index contributed by atoms with van der Waals surface area (Å²) in [4.78, 5) is 0. The van der Waals surface area contributed by atoms with Crippen LogP contribution in [0, 0.1) is 5.92 Å². The van der Waals surface area contributed by atoms with Crippen LogP contribution in [-0.2, 0) is 12.8 Å². The molecule has 0 aliphatic carbocycles. The van der Waals surface area contributed by atoms with Crippen molar-refractivity contribution in [2.24, 2.45) is 5.92 Å². The van der Waals surface area contributed by atoms with Crippen molar-refractivity contribution in [3.8, 4) is 0 Å². The highest BCUT2D eigenvalue weighted by atomic mass is 35.5. The Morgan fingerprint density at radius 3 is 2.62 bits per heavy atom.